The molecule has 124 valence electrons. The molecule has 0 bridgehead atoms. The number of carbonyl (C=O) groups is 2. The predicted octanol–water partition coefficient (Wildman–Crippen LogP) is 2.33. The molecule has 0 aliphatic heterocycles. The molecule has 0 aliphatic rings. The lowest BCUT2D eigenvalue weighted by Crippen LogP contribution is -2.41. The van der Waals surface area contributed by atoms with Gasteiger partial charge in [-0.15, -0.1) is 0 Å². The zero-order valence-electron chi connectivity index (χ0n) is 13.3. The number of aromatic amines is 1. The van der Waals surface area contributed by atoms with E-state index in [4.69, 9.17) is 0 Å². The van der Waals surface area contributed by atoms with Crippen molar-refractivity contribution in [3.63, 3.8) is 0 Å². The van der Waals surface area contributed by atoms with Gasteiger partial charge in [-0.2, -0.15) is 0 Å². The van der Waals surface area contributed by atoms with E-state index in [-0.39, 0.29) is 6.42 Å². The standard InChI is InChI=1S/C20H16N2O3/c23-19(11-10-14-6-2-1-3-7-14)22-18(20(24)25)12-15-13-21-17-9-5-4-8-16(15)17/h1-9,13,18,21H,12H2,(H,22,23)(H,24,25)/t18-/m0/s1. The number of aromatic nitrogens is 1. The Bertz CT molecular complexity index is 965. The molecule has 5 nitrogen and oxygen atoms in total. The van der Waals surface area contributed by atoms with Gasteiger partial charge in [-0.25, -0.2) is 4.79 Å². The number of H-pyrrole nitrogens is 1. The van der Waals surface area contributed by atoms with Crippen LogP contribution in [-0.4, -0.2) is 28.0 Å². The molecule has 1 atom stereocenters. The highest BCUT2D eigenvalue weighted by molar-refractivity contribution is 5.96. The molecular formula is C20H16N2O3. The number of carboxylic acid groups (broad SMARTS) is 1. The highest BCUT2D eigenvalue weighted by Crippen LogP contribution is 2.19. The first kappa shape index (κ1) is 16.3. The van der Waals surface area contributed by atoms with Gasteiger partial charge in [0.2, 0.25) is 0 Å². The van der Waals surface area contributed by atoms with Gasteiger partial charge < -0.3 is 15.4 Å². The van der Waals surface area contributed by atoms with Gasteiger partial charge in [0, 0.05) is 35.0 Å². The summed E-state index contributed by atoms with van der Waals surface area (Å²) in [6.07, 6.45) is 1.94. The van der Waals surface area contributed by atoms with Crippen molar-refractivity contribution in [2.24, 2.45) is 0 Å². The minimum atomic E-state index is -1.10. The molecular weight excluding hydrogens is 316 g/mol. The van der Waals surface area contributed by atoms with Crippen molar-refractivity contribution >= 4 is 22.8 Å². The Morgan fingerprint density at radius 2 is 1.80 bits per heavy atom. The van der Waals surface area contributed by atoms with Gasteiger partial charge in [-0.1, -0.05) is 42.3 Å². The summed E-state index contributed by atoms with van der Waals surface area (Å²) in [5, 5.41) is 12.8. The zero-order chi connectivity index (χ0) is 17.6. The van der Waals surface area contributed by atoms with Crippen LogP contribution in [0.25, 0.3) is 10.9 Å². The van der Waals surface area contributed by atoms with E-state index >= 15 is 0 Å². The molecule has 3 N–H and O–H groups in total. The average molecular weight is 332 g/mol. The van der Waals surface area contributed by atoms with Gasteiger partial charge in [0.05, 0.1) is 0 Å². The Kier molecular flexibility index (Phi) is 4.82. The lowest BCUT2D eigenvalue weighted by molar-refractivity contribution is -0.141. The SMILES string of the molecule is O=C(C#Cc1ccccc1)N[C@@H](Cc1c[nH]c2ccccc12)C(=O)O. The van der Waals surface area contributed by atoms with E-state index in [9.17, 15) is 14.7 Å². The van der Waals surface area contributed by atoms with Crippen molar-refractivity contribution in [1.82, 2.24) is 10.3 Å². The average Bonchev–Trinajstić information content (AvgIpc) is 3.03. The molecule has 5 heteroatoms. The predicted molar refractivity (Wildman–Crippen MR) is 94.9 cm³/mol. The molecule has 1 aromatic heterocycles. The molecule has 0 fully saturated rings. The Hall–Kier alpha value is -3.52. The number of benzene rings is 2. The van der Waals surface area contributed by atoms with Crippen LogP contribution in [0.1, 0.15) is 11.1 Å². The van der Waals surface area contributed by atoms with Crippen LogP contribution in [0.15, 0.2) is 60.8 Å². The molecule has 2 aromatic carbocycles. The fraction of sp³-hybridized carbons (Fsp3) is 0.100. The van der Waals surface area contributed by atoms with Crippen molar-refractivity contribution in [2.75, 3.05) is 0 Å². The maximum absolute atomic E-state index is 12.0. The van der Waals surface area contributed by atoms with Crippen LogP contribution in [-0.2, 0) is 16.0 Å². The van der Waals surface area contributed by atoms with Crippen molar-refractivity contribution < 1.29 is 14.7 Å². The van der Waals surface area contributed by atoms with E-state index < -0.39 is 17.9 Å². The van der Waals surface area contributed by atoms with Gasteiger partial charge in [0.15, 0.2) is 0 Å². The van der Waals surface area contributed by atoms with Crippen LogP contribution >= 0.6 is 0 Å². The van der Waals surface area contributed by atoms with E-state index in [1.54, 1.807) is 18.3 Å². The first-order valence-corrected chi connectivity index (χ1v) is 7.79. The molecule has 1 amide bonds. The third-order valence-corrected chi connectivity index (χ3v) is 3.80. The number of carbonyl (C=O) groups excluding carboxylic acids is 1. The Morgan fingerprint density at radius 1 is 1.08 bits per heavy atom. The summed E-state index contributed by atoms with van der Waals surface area (Å²) < 4.78 is 0. The first-order valence-electron chi connectivity index (χ1n) is 7.79. The minimum absolute atomic E-state index is 0.179. The van der Waals surface area contributed by atoms with Crippen molar-refractivity contribution in [2.45, 2.75) is 12.5 Å². The monoisotopic (exact) mass is 332 g/mol. The first-order chi connectivity index (χ1) is 12.1. The molecule has 0 unspecified atom stereocenters. The van der Waals surface area contributed by atoms with Crippen LogP contribution in [0.3, 0.4) is 0 Å². The Labute approximate surface area is 144 Å². The number of aliphatic carboxylic acids is 1. The van der Waals surface area contributed by atoms with E-state index in [1.165, 1.54) is 0 Å². The number of rotatable bonds is 4. The topological polar surface area (TPSA) is 82.2 Å². The van der Waals surface area contributed by atoms with Gasteiger partial charge in [0.25, 0.3) is 5.91 Å². The summed E-state index contributed by atoms with van der Waals surface area (Å²) >= 11 is 0. The van der Waals surface area contributed by atoms with Gasteiger partial charge in [-0.05, 0) is 23.8 Å². The van der Waals surface area contributed by atoms with Crippen LogP contribution in [0.2, 0.25) is 0 Å². The summed E-state index contributed by atoms with van der Waals surface area (Å²) in [6, 6.07) is 15.6. The molecule has 0 saturated carbocycles. The Morgan fingerprint density at radius 3 is 2.56 bits per heavy atom. The smallest absolute Gasteiger partial charge is 0.326 e. The summed E-state index contributed by atoms with van der Waals surface area (Å²) in [7, 11) is 0. The van der Waals surface area contributed by atoms with Crippen LogP contribution in [0.5, 0.6) is 0 Å². The van der Waals surface area contributed by atoms with Crippen LogP contribution in [0.4, 0.5) is 0 Å². The van der Waals surface area contributed by atoms with Crippen LogP contribution < -0.4 is 5.32 Å². The number of hydrogen-bond acceptors (Lipinski definition) is 2. The third-order valence-electron chi connectivity index (χ3n) is 3.80. The maximum Gasteiger partial charge on any atom is 0.326 e. The lowest BCUT2D eigenvalue weighted by atomic mass is 10.0. The van der Waals surface area contributed by atoms with E-state index in [1.807, 2.05) is 42.5 Å². The second-order valence-electron chi connectivity index (χ2n) is 5.54. The van der Waals surface area contributed by atoms with E-state index in [0.29, 0.717) is 5.56 Å². The van der Waals surface area contributed by atoms with Crippen molar-refractivity contribution in [1.29, 1.82) is 0 Å². The van der Waals surface area contributed by atoms with Crippen molar-refractivity contribution in [3.8, 4) is 11.8 Å². The fourth-order valence-corrected chi connectivity index (χ4v) is 2.57. The zero-order valence-corrected chi connectivity index (χ0v) is 13.3. The minimum Gasteiger partial charge on any atom is -0.480 e. The fourth-order valence-electron chi connectivity index (χ4n) is 2.57. The number of para-hydroxylation sites is 1. The van der Waals surface area contributed by atoms with E-state index in [2.05, 4.69) is 22.1 Å². The molecule has 0 spiro atoms. The second-order valence-corrected chi connectivity index (χ2v) is 5.54. The lowest BCUT2D eigenvalue weighted by Gasteiger charge is -2.12. The number of fused-ring (bicyclic) bond motifs is 1. The molecule has 0 radical (unpaired) electrons. The molecule has 3 rings (SSSR count). The summed E-state index contributed by atoms with van der Waals surface area (Å²) in [4.78, 5) is 26.6. The largest absolute Gasteiger partial charge is 0.480 e. The van der Waals surface area contributed by atoms with Crippen molar-refractivity contribution in [3.05, 3.63) is 71.9 Å². The molecule has 0 aliphatic carbocycles. The number of hydrogen-bond donors (Lipinski definition) is 3. The summed E-state index contributed by atoms with van der Waals surface area (Å²) in [6.45, 7) is 0. The number of carboxylic acids is 1. The summed E-state index contributed by atoms with van der Waals surface area (Å²) in [5.41, 5.74) is 2.46. The normalized spacial score (nSPS) is 11.4. The van der Waals surface area contributed by atoms with Gasteiger partial charge in [-0.3, -0.25) is 4.79 Å². The molecule has 3 aromatic rings. The molecule has 0 saturated heterocycles. The highest BCUT2D eigenvalue weighted by atomic mass is 16.4. The van der Waals surface area contributed by atoms with Crippen LogP contribution in [0, 0.1) is 11.8 Å². The molecule has 1 heterocycles. The Balaban J connectivity index is 1.73. The summed E-state index contributed by atoms with van der Waals surface area (Å²) in [5.74, 6) is 3.43. The highest BCUT2D eigenvalue weighted by Gasteiger charge is 2.21. The third kappa shape index (κ3) is 4.06. The second kappa shape index (κ2) is 7.37. The number of amides is 1. The quantitative estimate of drug-likeness (QED) is 0.641. The number of nitrogens with one attached hydrogen (secondary N) is 2. The maximum atomic E-state index is 12.0. The van der Waals surface area contributed by atoms with Gasteiger partial charge >= 0.3 is 5.97 Å². The van der Waals surface area contributed by atoms with Gasteiger partial charge in [0.1, 0.15) is 6.04 Å². The van der Waals surface area contributed by atoms with E-state index in [0.717, 1.165) is 16.5 Å². The molecule has 25 heavy (non-hydrogen) atoms.